The van der Waals surface area contributed by atoms with Crippen LogP contribution in [0.5, 0.6) is 5.75 Å². The number of hydrogen-bond acceptors (Lipinski definition) is 4. The second-order valence-corrected chi connectivity index (χ2v) is 9.89. The number of fused-ring (bicyclic) bond motifs is 1. The van der Waals surface area contributed by atoms with Gasteiger partial charge in [0.05, 0.1) is 0 Å². The van der Waals surface area contributed by atoms with E-state index < -0.39 is 0 Å². The summed E-state index contributed by atoms with van der Waals surface area (Å²) in [5.41, 5.74) is 13.5. The summed E-state index contributed by atoms with van der Waals surface area (Å²) < 4.78 is 6.58. The number of piperazine rings is 1. The number of ether oxygens (including phenoxy) is 1. The SMILES string of the molecule is Cc1c(C)c2c(c(C)c1N)CC(C)(CN1CCN(CCCCc3ccccc3)CC1)O2.Cl.Cl.Cl. The Morgan fingerprint density at radius 1 is 0.853 bits per heavy atom. The molecule has 1 fully saturated rings. The third-order valence-electron chi connectivity index (χ3n) is 7.39. The van der Waals surface area contributed by atoms with E-state index in [1.165, 1.54) is 66.7 Å². The molecule has 2 aromatic rings. The maximum absolute atomic E-state index is 6.58. The molecule has 0 radical (unpaired) electrons. The number of benzene rings is 2. The number of nitrogen functional groups attached to an aromatic ring is 1. The number of hydrogen-bond donors (Lipinski definition) is 1. The molecule has 0 bridgehead atoms. The fourth-order valence-electron chi connectivity index (χ4n) is 5.26. The van der Waals surface area contributed by atoms with Gasteiger partial charge in [-0.25, -0.2) is 0 Å². The molecule has 2 aliphatic rings. The van der Waals surface area contributed by atoms with Crippen molar-refractivity contribution in [2.75, 3.05) is 45.0 Å². The fraction of sp³-hybridized carbons (Fsp3) is 0.556. The smallest absolute Gasteiger partial charge is 0.127 e. The summed E-state index contributed by atoms with van der Waals surface area (Å²) in [6.45, 7) is 15.5. The van der Waals surface area contributed by atoms with E-state index in [-0.39, 0.29) is 42.8 Å². The minimum atomic E-state index is -0.157. The Morgan fingerprint density at radius 3 is 2.12 bits per heavy atom. The lowest BCUT2D eigenvalue weighted by molar-refractivity contribution is 0.0376. The highest BCUT2D eigenvalue weighted by atomic mass is 35.5. The Bertz CT molecular complexity index is 878. The van der Waals surface area contributed by atoms with E-state index in [0.29, 0.717) is 0 Å². The van der Waals surface area contributed by atoms with Gasteiger partial charge in [0, 0.05) is 50.4 Å². The molecule has 0 amide bonds. The van der Waals surface area contributed by atoms with Crippen LogP contribution in [0, 0.1) is 20.8 Å². The highest BCUT2D eigenvalue weighted by Crippen LogP contribution is 2.43. The number of nitrogens with zero attached hydrogens (tertiary/aromatic N) is 2. The first-order valence-corrected chi connectivity index (χ1v) is 11.9. The Balaban J connectivity index is 0.00000193. The molecule has 192 valence electrons. The van der Waals surface area contributed by atoms with Crippen LogP contribution in [-0.2, 0) is 12.8 Å². The Hall–Kier alpha value is -1.17. The van der Waals surface area contributed by atoms with E-state index in [1.54, 1.807) is 0 Å². The average Bonchev–Trinajstić information content (AvgIpc) is 3.13. The van der Waals surface area contributed by atoms with Gasteiger partial charge < -0.3 is 15.4 Å². The molecule has 1 unspecified atom stereocenters. The highest BCUT2D eigenvalue weighted by Gasteiger charge is 2.39. The van der Waals surface area contributed by atoms with Gasteiger partial charge in [-0.15, -0.1) is 37.2 Å². The number of nitrogens with two attached hydrogens (primary N) is 1. The molecule has 1 atom stereocenters. The zero-order chi connectivity index (χ0) is 22.0. The molecule has 2 N–H and O–H groups in total. The van der Waals surface area contributed by atoms with Crippen molar-refractivity contribution in [2.24, 2.45) is 0 Å². The first-order chi connectivity index (χ1) is 14.9. The molecule has 2 heterocycles. The molecule has 4 nitrogen and oxygen atoms in total. The second-order valence-electron chi connectivity index (χ2n) is 9.89. The van der Waals surface area contributed by atoms with Crippen LogP contribution in [0.4, 0.5) is 5.69 Å². The first-order valence-electron chi connectivity index (χ1n) is 11.9. The molecule has 7 heteroatoms. The number of halogens is 3. The Morgan fingerprint density at radius 2 is 1.47 bits per heavy atom. The van der Waals surface area contributed by atoms with Crippen LogP contribution in [0.3, 0.4) is 0 Å². The van der Waals surface area contributed by atoms with Crippen molar-refractivity contribution >= 4 is 42.9 Å². The molecular formula is C27H42Cl3N3O. The Kier molecular flexibility index (Phi) is 12.0. The largest absolute Gasteiger partial charge is 0.485 e. The van der Waals surface area contributed by atoms with Gasteiger partial charge in [-0.3, -0.25) is 4.90 Å². The summed E-state index contributed by atoms with van der Waals surface area (Å²) in [4.78, 5) is 5.22. The lowest BCUT2D eigenvalue weighted by Crippen LogP contribution is -2.52. The van der Waals surface area contributed by atoms with Crippen LogP contribution in [0.1, 0.15) is 47.6 Å². The topological polar surface area (TPSA) is 41.7 Å². The lowest BCUT2D eigenvalue weighted by Gasteiger charge is -2.38. The van der Waals surface area contributed by atoms with Crippen molar-refractivity contribution < 1.29 is 4.74 Å². The summed E-state index contributed by atoms with van der Waals surface area (Å²) in [6, 6.07) is 10.8. The number of anilines is 1. The molecule has 0 spiro atoms. The van der Waals surface area contributed by atoms with Crippen LogP contribution in [0.15, 0.2) is 30.3 Å². The van der Waals surface area contributed by atoms with E-state index in [0.717, 1.165) is 37.5 Å². The third-order valence-corrected chi connectivity index (χ3v) is 7.39. The number of rotatable bonds is 7. The minimum Gasteiger partial charge on any atom is -0.485 e. The molecule has 2 aliphatic heterocycles. The van der Waals surface area contributed by atoms with Gasteiger partial charge in [0.2, 0.25) is 0 Å². The summed E-state index contributed by atoms with van der Waals surface area (Å²) >= 11 is 0. The van der Waals surface area contributed by atoms with Gasteiger partial charge in [-0.2, -0.15) is 0 Å². The minimum absolute atomic E-state index is 0. The standard InChI is InChI=1S/C27H39N3O.3ClH/c1-20-21(2)26-24(22(3)25(20)28)18-27(4,31-26)19-30-16-14-29(15-17-30)13-9-8-12-23-10-6-5-7-11-23;;;/h5-7,10-11H,8-9,12-19,28H2,1-4H3;3*1H. The van der Waals surface area contributed by atoms with Gasteiger partial charge in [0.25, 0.3) is 0 Å². The molecule has 1 saturated heterocycles. The van der Waals surface area contributed by atoms with Crippen molar-refractivity contribution in [1.82, 2.24) is 9.80 Å². The van der Waals surface area contributed by atoms with Gasteiger partial charge in [-0.05, 0) is 75.8 Å². The normalized spacial score (nSPS) is 19.9. The van der Waals surface area contributed by atoms with Crippen molar-refractivity contribution in [3.8, 4) is 5.75 Å². The predicted octanol–water partition coefficient (Wildman–Crippen LogP) is 5.79. The monoisotopic (exact) mass is 529 g/mol. The van der Waals surface area contributed by atoms with Gasteiger partial charge in [0.1, 0.15) is 11.4 Å². The zero-order valence-corrected chi connectivity index (χ0v) is 23.5. The van der Waals surface area contributed by atoms with E-state index in [4.69, 9.17) is 10.5 Å². The molecule has 2 aromatic carbocycles. The molecule has 0 aliphatic carbocycles. The predicted molar refractivity (Wildman–Crippen MR) is 152 cm³/mol. The summed E-state index contributed by atoms with van der Waals surface area (Å²) in [6.07, 6.45) is 4.71. The van der Waals surface area contributed by atoms with Crippen molar-refractivity contribution in [3.05, 3.63) is 58.1 Å². The highest BCUT2D eigenvalue weighted by molar-refractivity contribution is 5.86. The van der Waals surface area contributed by atoms with Crippen molar-refractivity contribution in [1.29, 1.82) is 0 Å². The van der Waals surface area contributed by atoms with Crippen molar-refractivity contribution in [3.63, 3.8) is 0 Å². The number of unbranched alkanes of at least 4 members (excludes halogenated alkanes) is 1. The maximum Gasteiger partial charge on any atom is 0.127 e. The van der Waals surface area contributed by atoms with E-state index >= 15 is 0 Å². The third kappa shape index (κ3) is 6.95. The van der Waals surface area contributed by atoms with Crippen LogP contribution in [0.2, 0.25) is 0 Å². The second kappa shape index (κ2) is 13.2. The number of aryl methyl sites for hydroxylation is 1. The van der Waals surface area contributed by atoms with Crippen molar-refractivity contribution in [2.45, 2.75) is 59.0 Å². The average molecular weight is 531 g/mol. The molecule has 0 aromatic heterocycles. The van der Waals surface area contributed by atoms with Gasteiger partial charge in [0.15, 0.2) is 0 Å². The van der Waals surface area contributed by atoms with Crippen LogP contribution in [-0.4, -0.2) is 54.7 Å². The molecule has 34 heavy (non-hydrogen) atoms. The van der Waals surface area contributed by atoms with E-state index in [1.807, 2.05) is 0 Å². The Labute approximate surface area is 224 Å². The van der Waals surface area contributed by atoms with Gasteiger partial charge in [-0.1, -0.05) is 30.3 Å². The van der Waals surface area contributed by atoms with Crippen LogP contribution >= 0.6 is 37.2 Å². The maximum atomic E-state index is 6.58. The van der Waals surface area contributed by atoms with E-state index in [2.05, 4.69) is 67.8 Å². The van der Waals surface area contributed by atoms with Crippen LogP contribution in [0.25, 0.3) is 0 Å². The fourth-order valence-corrected chi connectivity index (χ4v) is 5.26. The van der Waals surface area contributed by atoms with E-state index in [9.17, 15) is 0 Å². The summed E-state index contributed by atoms with van der Waals surface area (Å²) in [7, 11) is 0. The summed E-state index contributed by atoms with van der Waals surface area (Å²) in [5, 5.41) is 0. The molecule has 0 saturated carbocycles. The van der Waals surface area contributed by atoms with Gasteiger partial charge >= 0.3 is 0 Å². The first kappa shape index (κ1) is 30.9. The van der Waals surface area contributed by atoms with Crippen LogP contribution < -0.4 is 10.5 Å². The quantitative estimate of drug-likeness (QED) is 0.363. The zero-order valence-electron chi connectivity index (χ0n) is 21.1. The molecule has 4 rings (SSSR count). The summed E-state index contributed by atoms with van der Waals surface area (Å²) in [5.74, 6) is 1.09. The molecular weight excluding hydrogens is 489 g/mol. The lowest BCUT2D eigenvalue weighted by atomic mass is 9.91.